The van der Waals surface area contributed by atoms with E-state index in [4.69, 9.17) is 9.47 Å². The molecule has 6 heteroatoms. The molecule has 3 aliphatic heterocycles. The summed E-state index contributed by atoms with van der Waals surface area (Å²) in [5.41, 5.74) is 0.0507. The van der Waals surface area contributed by atoms with E-state index in [1.807, 2.05) is 7.05 Å². The number of hydrogen-bond donors (Lipinski definition) is 2. The lowest BCUT2D eigenvalue weighted by molar-refractivity contribution is -0.0946. The average Bonchev–Trinajstić information content (AvgIpc) is 3.13. The molecule has 0 aliphatic carbocycles. The van der Waals surface area contributed by atoms with Crippen molar-refractivity contribution in [3.05, 3.63) is 0 Å². The average molecular weight is 338 g/mol. The van der Waals surface area contributed by atoms with Gasteiger partial charge in [0.25, 0.3) is 0 Å². The molecular formula is C18H34N4O2. The maximum absolute atomic E-state index is 5.93. The summed E-state index contributed by atoms with van der Waals surface area (Å²) in [4.78, 5) is 6.93. The van der Waals surface area contributed by atoms with Crippen LogP contribution in [-0.2, 0) is 9.47 Å². The van der Waals surface area contributed by atoms with Crippen molar-refractivity contribution in [2.45, 2.75) is 83.0 Å². The van der Waals surface area contributed by atoms with Crippen molar-refractivity contribution in [1.29, 1.82) is 0 Å². The van der Waals surface area contributed by atoms with Gasteiger partial charge in [-0.25, -0.2) is 0 Å². The molecule has 0 aromatic rings. The molecule has 24 heavy (non-hydrogen) atoms. The van der Waals surface area contributed by atoms with E-state index in [1.54, 1.807) is 0 Å². The van der Waals surface area contributed by atoms with Crippen LogP contribution in [0.2, 0.25) is 0 Å². The quantitative estimate of drug-likeness (QED) is 0.599. The Morgan fingerprint density at radius 3 is 2.42 bits per heavy atom. The van der Waals surface area contributed by atoms with E-state index in [1.165, 1.54) is 12.8 Å². The first-order chi connectivity index (χ1) is 11.4. The summed E-state index contributed by atoms with van der Waals surface area (Å²) in [7, 11) is 1.84. The summed E-state index contributed by atoms with van der Waals surface area (Å²) in [6.07, 6.45) is 4.89. The number of nitrogens with zero attached hydrogens (tertiary/aromatic N) is 2. The first-order valence-corrected chi connectivity index (χ1v) is 9.40. The predicted molar refractivity (Wildman–Crippen MR) is 96.5 cm³/mol. The third kappa shape index (κ3) is 4.03. The van der Waals surface area contributed by atoms with Gasteiger partial charge < -0.3 is 20.1 Å². The summed E-state index contributed by atoms with van der Waals surface area (Å²) in [5, 5.41) is 7.08. The second-order valence-corrected chi connectivity index (χ2v) is 8.26. The van der Waals surface area contributed by atoms with Crippen LogP contribution in [0.1, 0.15) is 47.0 Å². The zero-order chi connectivity index (χ0) is 17.3. The Morgan fingerprint density at radius 1 is 1.17 bits per heavy atom. The molecule has 3 saturated heterocycles. The fourth-order valence-corrected chi connectivity index (χ4v) is 4.24. The van der Waals surface area contributed by atoms with E-state index >= 15 is 0 Å². The molecule has 2 N–H and O–H groups in total. The number of hydrogen-bond acceptors (Lipinski definition) is 4. The van der Waals surface area contributed by atoms with Gasteiger partial charge in [-0.1, -0.05) is 0 Å². The second kappa shape index (κ2) is 7.18. The summed E-state index contributed by atoms with van der Waals surface area (Å²) >= 11 is 0. The Bertz CT molecular complexity index is 458. The number of morpholine rings is 1. The lowest BCUT2D eigenvalue weighted by Crippen LogP contribution is -2.60. The van der Waals surface area contributed by atoms with Crippen LogP contribution in [0.15, 0.2) is 4.99 Å². The van der Waals surface area contributed by atoms with Crippen LogP contribution in [0, 0.1) is 0 Å². The largest absolute Gasteiger partial charge is 0.373 e. The van der Waals surface area contributed by atoms with Gasteiger partial charge in [-0.2, -0.15) is 0 Å². The lowest BCUT2D eigenvalue weighted by atomic mass is 9.95. The Labute approximate surface area is 146 Å². The molecule has 3 rings (SSSR count). The van der Waals surface area contributed by atoms with E-state index in [0.29, 0.717) is 18.2 Å². The molecule has 0 radical (unpaired) electrons. The number of fused-ring (bicyclic) bond motifs is 2. The first-order valence-electron chi connectivity index (χ1n) is 9.40. The fourth-order valence-electron chi connectivity index (χ4n) is 4.24. The Kier molecular flexibility index (Phi) is 5.37. The molecule has 3 fully saturated rings. The van der Waals surface area contributed by atoms with Gasteiger partial charge in [-0.05, 0) is 47.0 Å². The van der Waals surface area contributed by atoms with Crippen molar-refractivity contribution in [2.75, 3.05) is 26.7 Å². The van der Waals surface area contributed by atoms with E-state index in [-0.39, 0.29) is 17.7 Å². The molecule has 3 aliphatic rings. The van der Waals surface area contributed by atoms with Crippen LogP contribution in [0.3, 0.4) is 0 Å². The Balaban J connectivity index is 1.51. The van der Waals surface area contributed by atoms with Crippen molar-refractivity contribution < 1.29 is 9.47 Å². The normalized spacial score (nSPS) is 37.7. The highest BCUT2D eigenvalue weighted by molar-refractivity contribution is 5.80. The van der Waals surface area contributed by atoms with E-state index < -0.39 is 0 Å². The molecule has 138 valence electrons. The number of guanidine groups is 1. The van der Waals surface area contributed by atoms with Crippen molar-refractivity contribution in [2.24, 2.45) is 4.99 Å². The van der Waals surface area contributed by atoms with Crippen LogP contribution < -0.4 is 10.6 Å². The van der Waals surface area contributed by atoms with Gasteiger partial charge in [-0.15, -0.1) is 0 Å². The van der Waals surface area contributed by atoms with Gasteiger partial charge in [-0.3, -0.25) is 9.89 Å². The third-order valence-electron chi connectivity index (χ3n) is 5.62. The van der Waals surface area contributed by atoms with E-state index in [2.05, 4.69) is 48.2 Å². The molecule has 5 unspecified atom stereocenters. The van der Waals surface area contributed by atoms with Gasteiger partial charge in [0, 0.05) is 32.2 Å². The topological polar surface area (TPSA) is 58.1 Å². The molecule has 0 amide bonds. The minimum atomic E-state index is 0.0507. The zero-order valence-electron chi connectivity index (χ0n) is 15.8. The summed E-state index contributed by atoms with van der Waals surface area (Å²) in [6.45, 7) is 11.7. The number of nitrogens with one attached hydrogen (secondary N) is 2. The fraction of sp³-hybridized carbons (Fsp3) is 0.944. The molecule has 5 atom stereocenters. The summed E-state index contributed by atoms with van der Waals surface area (Å²) < 4.78 is 11.8. The van der Waals surface area contributed by atoms with Crippen LogP contribution in [0.25, 0.3) is 0 Å². The van der Waals surface area contributed by atoms with E-state index in [0.717, 1.165) is 32.0 Å². The van der Waals surface area contributed by atoms with Crippen LogP contribution in [-0.4, -0.2) is 73.5 Å². The van der Waals surface area contributed by atoms with Crippen molar-refractivity contribution in [3.8, 4) is 0 Å². The number of aliphatic imine (C=N–C) groups is 1. The molecule has 0 spiro atoms. The lowest BCUT2D eigenvalue weighted by Gasteiger charge is -2.45. The molecule has 0 saturated carbocycles. The molecule has 0 aromatic heterocycles. The van der Waals surface area contributed by atoms with Crippen LogP contribution in [0.5, 0.6) is 0 Å². The molecule has 2 bridgehead atoms. The predicted octanol–water partition coefficient (Wildman–Crippen LogP) is 1.36. The molecular weight excluding hydrogens is 304 g/mol. The summed E-state index contributed by atoms with van der Waals surface area (Å²) in [6, 6.07) is 0.404. The molecule has 3 heterocycles. The highest BCUT2D eigenvalue weighted by atomic mass is 16.5. The SMILES string of the molecule is CN=C(NCC(C)(C)N1CC(C)OC(C)C1)NC1CC2CCC1O2. The first kappa shape index (κ1) is 18.0. The number of ether oxygens (including phenoxy) is 2. The van der Waals surface area contributed by atoms with Gasteiger partial charge in [0.2, 0.25) is 0 Å². The molecule has 6 nitrogen and oxygen atoms in total. The van der Waals surface area contributed by atoms with Gasteiger partial charge >= 0.3 is 0 Å². The van der Waals surface area contributed by atoms with Crippen molar-refractivity contribution >= 4 is 5.96 Å². The standard InChI is InChI=1S/C18H34N4O2/c1-12-9-22(10-13(2)23-12)18(3,4)11-20-17(19-5)21-15-8-14-6-7-16(15)24-14/h12-16H,6-11H2,1-5H3,(H2,19,20,21). The van der Waals surface area contributed by atoms with Gasteiger partial charge in [0.1, 0.15) is 0 Å². The number of rotatable bonds is 4. The third-order valence-corrected chi connectivity index (χ3v) is 5.62. The Morgan fingerprint density at radius 2 is 1.88 bits per heavy atom. The van der Waals surface area contributed by atoms with Crippen molar-refractivity contribution in [3.63, 3.8) is 0 Å². The zero-order valence-corrected chi connectivity index (χ0v) is 15.8. The monoisotopic (exact) mass is 338 g/mol. The summed E-state index contributed by atoms with van der Waals surface area (Å²) in [5.74, 6) is 0.888. The van der Waals surface area contributed by atoms with Crippen LogP contribution >= 0.6 is 0 Å². The van der Waals surface area contributed by atoms with Gasteiger partial charge in [0.05, 0.1) is 30.5 Å². The van der Waals surface area contributed by atoms with Crippen LogP contribution in [0.4, 0.5) is 0 Å². The maximum atomic E-state index is 5.93. The minimum absolute atomic E-state index is 0.0507. The van der Waals surface area contributed by atoms with Gasteiger partial charge in [0.15, 0.2) is 5.96 Å². The maximum Gasteiger partial charge on any atom is 0.191 e. The molecule has 0 aromatic carbocycles. The highest BCUT2D eigenvalue weighted by Crippen LogP contribution is 2.34. The highest BCUT2D eigenvalue weighted by Gasteiger charge is 2.41. The second-order valence-electron chi connectivity index (χ2n) is 8.26. The van der Waals surface area contributed by atoms with E-state index in [9.17, 15) is 0 Å². The smallest absolute Gasteiger partial charge is 0.191 e. The minimum Gasteiger partial charge on any atom is -0.373 e. The van der Waals surface area contributed by atoms with Crippen molar-refractivity contribution in [1.82, 2.24) is 15.5 Å². The Hall–Kier alpha value is -0.850.